The van der Waals surface area contributed by atoms with Gasteiger partial charge < -0.3 is 15.0 Å². The van der Waals surface area contributed by atoms with E-state index in [1.165, 1.54) is 5.56 Å². The smallest absolute Gasteiger partial charge is 0.228 e. The van der Waals surface area contributed by atoms with E-state index in [0.29, 0.717) is 12.8 Å². The van der Waals surface area contributed by atoms with Gasteiger partial charge in [-0.1, -0.05) is 12.1 Å². The molecule has 2 rings (SSSR count). The van der Waals surface area contributed by atoms with E-state index in [1.54, 1.807) is 6.92 Å². The van der Waals surface area contributed by atoms with Crippen molar-refractivity contribution in [2.24, 2.45) is 0 Å². The second-order valence-corrected chi connectivity index (χ2v) is 5.36. The van der Waals surface area contributed by atoms with Crippen molar-refractivity contribution >= 4 is 17.4 Å². The first-order valence-corrected chi connectivity index (χ1v) is 6.56. The van der Waals surface area contributed by atoms with Crippen molar-refractivity contribution in [2.75, 3.05) is 19.4 Å². The molecule has 19 heavy (non-hydrogen) atoms. The van der Waals surface area contributed by atoms with Gasteiger partial charge in [0.15, 0.2) is 0 Å². The number of benzene rings is 1. The summed E-state index contributed by atoms with van der Waals surface area (Å²) in [6, 6.07) is 6.29. The molecule has 1 aromatic carbocycles. The van der Waals surface area contributed by atoms with Gasteiger partial charge in [-0.25, -0.2) is 0 Å². The van der Waals surface area contributed by atoms with Gasteiger partial charge >= 0.3 is 0 Å². The lowest BCUT2D eigenvalue weighted by Gasteiger charge is -2.25. The minimum Gasteiger partial charge on any atom is -0.326 e. The number of fused-ring (bicyclic) bond motifs is 1. The lowest BCUT2D eigenvalue weighted by molar-refractivity contribution is -0.117. The molecule has 1 heterocycles. The molecule has 1 aromatic rings. The molecule has 1 aliphatic rings. The number of ketones is 1. The van der Waals surface area contributed by atoms with Crippen LogP contribution >= 0.6 is 0 Å². The highest BCUT2D eigenvalue weighted by Crippen LogP contribution is 2.30. The van der Waals surface area contributed by atoms with Crippen molar-refractivity contribution < 1.29 is 9.59 Å². The van der Waals surface area contributed by atoms with Crippen LogP contribution < -0.4 is 5.32 Å². The van der Waals surface area contributed by atoms with Crippen LogP contribution in [0.15, 0.2) is 18.2 Å². The highest BCUT2D eigenvalue weighted by molar-refractivity contribution is 5.99. The van der Waals surface area contributed by atoms with Gasteiger partial charge in [0.2, 0.25) is 5.91 Å². The molecule has 4 heteroatoms. The van der Waals surface area contributed by atoms with Crippen LogP contribution in [0.1, 0.15) is 36.9 Å². The number of rotatable bonds is 5. The summed E-state index contributed by atoms with van der Waals surface area (Å²) in [6.45, 7) is 1.62. The first-order chi connectivity index (χ1) is 8.97. The van der Waals surface area contributed by atoms with Crippen LogP contribution in [0.3, 0.4) is 0 Å². The van der Waals surface area contributed by atoms with Gasteiger partial charge in [-0.05, 0) is 44.6 Å². The van der Waals surface area contributed by atoms with Gasteiger partial charge in [0, 0.05) is 18.2 Å². The summed E-state index contributed by atoms with van der Waals surface area (Å²) in [5.41, 5.74) is 3.14. The molecular formula is C15H20N2O2. The molecule has 1 amide bonds. The highest BCUT2D eigenvalue weighted by atomic mass is 16.1. The number of hydrogen-bond acceptors (Lipinski definition) is 3. The number of hydrogen-bond donors (Lipinski definition) is 1. The predicted octanol–water partition coefficient (Wildman–Crippen LogP) is 2.15. The molecule has 0 aromatic heterocycles. The Balaban J connectivity index is 2.20. The Morgan fingerprint density at radius 1 is 1.42 bits per heavy atom. The second-order valence-electron chi connectivity index (χ2n) is 5.36. The van der Waals surface area contributed by atoms with Gasteiger partial charge in [-0.15, -0.1) is 0 Å². The van der Waals surface area contributed by atoms with Gasteiger partial charge in [-0.3, -0.25) is 4.79 Å². The van der Waals surface area contributed by atoms with Crippen LogP contribution in [0.25, 0.3) is 0 Å². The monoisotopic (exact) mass is 260 g/mol. The number of Topliss-reactive ketones (excluding diaryl/α,β-unsaturated/α-hetero) is 1. The fourth-order valence-electron chi connectivity index (χ4n) is 2.52. The van der Waals surface area contributed by atoms with Crippen molar-refractivity contribution in [3.8, 4) is 0 Å². The minimum absolute atomic E-state index is 0.0530. The zero-order chi connectivity index (χ0) is 14.0. The Hall–Kier alpha value is -1.68. The van der Waals surface area contributed by atoms with E-state index in [4.69, 9.17) is 0 Å². The maximum atomic E-state index is 11.4. The SMILES string of the molecule is CC(=O)CCC(c1ccc2c(c1)CC(=O)N2)N(C)C. The number of nitrogens with one attached hydrogen (secondary N) is 1. The fraction of sp³-hybridized carbons (Fsp3) is 0.467. The first kappa shape index (κ1) is 13.7. The lowest BCUT2D eigenvalue weighted by Crippen LogP contribution is -2.20. The van der Waals surface area contributed by atoms with E-state index in [9.17, 15) is 9.59 Å². The third-order valence-corrected chi connectivity index (χ3v) is 3.53. The summed E-state index contributed by atoms with van der Waals surface area (Å²) in [6.07, 6.45) is 1.84. The number of carbonyl (C=O) groups is 2. The molecule has 102 valence electrons. The molecule has 1 N–H and O–H groups in total. The van der Waals surface area contributed by atoms with E-state index in [2.05, 4.69) is 16.3 Å². The molecule has 0 bridgehead atoms. The quantitative estimate of drug-likeness (QED) is 0.882. The molecule has 1 aliphatic heterocycles. The Bertz CT molecular complexity index is 509. The summed E-state index contributed by atoms with van der Waals surface area (Å²) in [5, 5.41) is 2.84. The van der Waals surface area contributed by atoms with Crippen molar-refractivity contribution in [2.45, 2.75) is 32.2 Å². The van der Waals surface area contributed by atoms with Crippen LogP contribution in [0.2, 0.25) is 0 Å². The third-order valence-electron chi connectivity index (χ3n) is 3.53. The van der Waals surface area contributed by atoms with Gasteiger partial charge in [0.25, 0.3) is 0 Å². The number of amides is 1. The Morgan fingerprint density at radius 3 is 2.79 bits per heavy atom. The Labute approximate surface area is 113 Å². The minimum atomic E-state index is 0.0530. The van der Waals surface area contributed by atoms with E-state index in [1.807, 2.05) is 26.2 Å². The summed E-state index contributed by atoms with van der Waals surface area (Å²) in [4.78, 5) is 24.6. The van der Waals surface area contributed by atoms with Crippen LogP contribution in [0.5, 0.6) is 0 Å². The summed E-state index contributed by atoms with van der Waals surface area (Å²) < 4.78 is 0. The predicted molar refractivity (Wildman–Crippen MR) is 75.1 cm³/mol. The maximum Gasteiger partial charge on any atom is 0.228 e. The summed E-state index contributed by atoms with van der Waals surface area (Å²) in [5.74, 6) is 0.266. The van der Waals surface area contributed by atoms with Gasteiger partial charge in [0.05, 0.1) is 6.42 Å². The zero-order valence-electron chi connectivity index (χ0n) is 11.7. The van der Waals surface area contributed by atoms with E-state index in [0.717, 1.165) is 17.7 Å². The molecule has 1 atom stereocenters. The first-order valence-electron chi connectivity index (χ1n) is 6.56. The van der Waals surface area contributed by atoms with Crippen LogP contribution in [0, 0.1) is 0 Å². The van der Waals surface area contributed by atoms with E-state index >= 15 is 0 Å². The fourth-order valence-corrected chi connectivity index (χ4v) is 2.52. The standard InChI is InChI=1S/C15H20N2O2/c1-10(18)4-7-14(17(2)3)11-5-6-13-12(8-11)9-15(19)16-13/h5-6,8,14H,4,7,9H2,1-3H3,(H,16,19). The average molecular weight is 260 g/mol. The normalized spacial score (nSPS) is 15.3. The van der Waals surface area contributed by atoms with Crippen molar-refractivity contribution in [1.29, 1.82) is 0 Å². The Morgan fingerprint density at radius 2 is 2.16 bits per heavy atom. The van der Waals surface area contributed by atoms with Crippen LogP contribution in [-0.2, 0) is 16.0 Å². The molecule has 0 aliphatic carbocycles. The van der Waals surface area contributed by atoms with Crippen molar-refractivity contribution in [3.05, 3.63) is 29.3 Å². The third kappa shape index (κ3) is 3.20. The molecule has 1 unspecified atom stereocenters. The maximum absolute atomic E-state index is 11.4. The van der Waals surface area contributed by atoms with Crippen LogP contribution in [-0.4, -0.2) is 30.7 Å². The largest absolute Gasteiger partial charge is 0.326 e. The van der Waals surface area contributed by atoms with E-state index < -0.39 is 0 Å². The Kier molecular flexibility index (Phi) is 4.00. The molecule has 0 saturated heterocycles. The van der Waals surface area contributed by atoms with E-state index in [-0.39, 0.29) is 17.7 Å². The summed E-state index contributed by atoms with van der Waals surface area (Å²) >= 11 is 0. The van der Waals surface area contributed by atoms with Crippen molar-refractivity contribution in [1.82, 2.24) is 4.90 Å². The summed E-state index contributed by atoms with van der Waals surface area (Å²) in [7, 11) is 4.03. The molecule has 0 spiro atoms. The van der Waals surface area contributed by atoms with Crippen molar-refractivity contribution in [3.63, 3.8) is 0 Å². The molecule has 4 nitrogen and oxygen atoms in total. The van der Waals surface area contributed by atoms with Gasteiger partial charge in [0.1, 0.15) is 5.78 Å². The lowest BCUT2D eigenvalue weighted by atomic mass is 9.97. The second kappa shape index (κ2) is 5.53. The number of nitrogens with zero attached hydrogens (tertiary/aromatic N) is 1. The zero-order valence-corrected chi connectivity index (χ0v) is 11.7. The molecule has 0 fully saturated rings. The number of anilines is 1. The highest BCUT2D eigenvalue weighted by Gasteiger charge is 2.21. The topological polar surface area (TPSA) is 49.4 Å². The molecular weight excluding hydrogens is 240 g/mol. The molecule has 0 radical (unpaired) electrons. The van der Waals surface area contributed by atoms with Crippen LogP contribution in [0.4, 0.5) is 5.69 Å². The molecule has 0 saturated carbocycles. The number of carbonyl (C=O) groups excluding carboxylic acids is 2. The average Bonchev–Trinajstić information content (AvgIpc) is 2.67. The van der Waals surface area contributed by atoms with Gasteiger partial charge in [-0.2, -0.15) is 0 Å².